The van der Waals surface area contributed by atoms with Gasteiger partial charge in [0, 0.05) is 5.92 Å². The first-order valence-electron chi connectivity index (χ1n) is 6.15. The zero-order valence-electron chi connectivity index (χ0n) is 10.5. The van der Waals surface area contributed by atoms with Gasteiger partial charge in [0.05, 0.1) is 25.6 Å². The molecule has 0 saturated carbocycles. The molecule has 0 aromatic carbocycles. The van der Waals surface area contributed by atoms with Gasteiger partial charge in [-0.1, -0.05) is 0 Å². The lowest BCUT2D eigenvalue weighted by Gasteiger charge is -2.37. The summed E-state index contributed by atoms with van der Waals surface area (Å²) in [6.07, 6.45) is -0.412. The summed E-state index contributed by atoms with van der Waals surface area (Å²) in [7, 11) is 0. The van der Waals surface area contributed by atoms with Crippen LogP contribution in [-0.4, -0.2) is 60.3 Å². The Balaban J connectivity index is 1.97. The number of ether oxygens (including phenoxy) is 1. The summed E-state index contributed by atoms with van der Waals surface area (Å²) >= 11 is 0. The standard InChI is InChI=1S/C11H15N5O4/c12-9-6-10(14-3-13-9)16(4-15-6)11-8(19)7(18)5(1-17)2-20-11/h3-5,7-8,11,17-19H,1-2H2,(H2,12,13,14)/t5-,7?,8?,11?/m0/s1. The largest absolute Gasteiger partial charge is 0.396 e. The molecule has 2 aromatic rings. The molecule has 9 heteroatoms. The fourth-order valence-electron chi connectivity index (χ4n) is 2.33. The third-order valence-electron chi connectivity index (χ3n) is 3.50. The van der Waals surface area contributed by atoms with E-state index >= 15 is 0 Å². The Bertz CT molecular complexity index is 618. The second-order valence-electron chi connectivity index (χ2n) is 4.73. The first kappa shape index (κ1) is 13.2. The number of aliphatic hydroxyl groups excluding tert-OH is 3. The molecular formula is C11H15N5O4. The van der Waals surface area contributed by atoms with E-state index in [1.807, 2.05) is 0 Å². The molecule has 9 nitrogen and oxygen atoms in total. The Morgan fingerprint density at radius 2 is 2.10 bits per heavy atom. The molecule has 1 fully saturated rings. The maximum atomic E-state index is 10.1. The number of rotatable bonds is 2. The molecule has 4 atom stereocenters. The molecule has 3 rings (SSSR count). The van der Waals surface area contributed by atoms with Gasteiger partial charge in [-0.15, -0.1) is 0 Å². The van der Waals surface area contributed by atoms with E-state index in [4.69, 9.17) is 15.6 Å². The van der Waals surface area contributed by atoms with Crippen LogP contribution in [0.4, 0.5) is 5.82 Å². The summed E-state index contributed by atoms with van der Waals surface area (Å²) in [6.45, 7) is -0.135. The lowest BCUT2D eigenvalue weighted by molar-refractivity contribution is -0.196. The van der Waals surface area contributed by atoms with Crippen molar-refractivity contribution in [2.75, 3.05) is 18.9 Å². The zero-order valence-corrected chi connectivity index (χ0v) is 10.5. The SMILES string of the molecule is Nc1ncnc2c1ncn2C1OC[C@H](CO)C(O)C1O. The number of aromatic nitrogens is 4. The normalized spacial score (nSPS) is 30.8. The van der Waals surface area contributed by atoms with Crippen LogP contribution >= 0.6 is 0 Å². The quantitative estimate of drug-likeness (QED) is 0.509. The Kier molecular flexibility index (Phi) is 3.26. The first-order chi connectivity index (χ1) is 9.63. The van der Waals surface area contributed by atoms with Crippen LogP contribution in [0.5, 0.6) is 0 Å². The van der Waals surface area contributed by atoms with Crippen molar-refractivity contribution >= 4 is 17.0 Å². The number of nitrogens with zero attached hydrogens (tertiary/aromatic N) is 4. The third kappa shape index (κ3) is 1.91. The molecule has 0 radical (unpaired) electrons. The van der Waals surface area contributed by atoms with Crippen molar-refractivity contribution in [2.45, 2.75) is 18.4 Å². The van der Waals surface area contributed by atoms with Crippen LogP contribution < -0.4 is 5.73 Å². The average molecular weight is 281 g/mol. The highest BCUT2D eigenvalue weighted by Gasteiger charge is 2.39. The molecule has 5 N–H and O–H groups in total. The number of hydrogen-bond donors (Lipinski definition) is 4. The van der Waals surface area contributed by atoms with Crippen molar-refractivity contribution in [2.24, 2.45) is 5.92 Å². The summed E-state index contributed by atoms with van der Waals surface area (Å²) < 4.78 is 7.00. The van der Waals surface area contributed by atoms with Crippen molar-refractivity contribution in [1.82, 2.24) is 19.5 Å². The van der Waals surface area contributed by atoms with E-state index in [2.05, 4.69) is 15.0 Å². The Labute approximate surface area is 113 Å². The number of nitrogen functional groups attached to an aromatic ring is 1. The topological polar surface area (TPSA) is 140 Å². The number of imidazole rings is 1. The van der Waals surface area contributed by atoms with Gasteiger partial charge in [-0.25, -0.2) is 15.0 Å². The van der Waals surface area contributed by atoms with Crippen LogP contribution in [0.1, 0.15) is 6.23 Å². The fourth-order valence-corrected chi connectivity index (χ4v) is 2.33. The van der Waals surface area contributed by atoms with Gasteiger partial charge in [-0.3, -0.25) is 4.57 Å². The Hall–Kier alpha value is -1.81. The van der Waals surface area contributed by atoms with Gasteiger partial charge in [0.1, 0.15) is 17.9 Å². The summed E-state index contributed by atoms with van der Waals surface area (Å²) in [5.74, 6) is -0.288. The molecule has 0 spiro atoms. The number of fused-ring (bicyclic) bond motifs is 1. The van der Waals surface area contributed by atoms with Crippen LogP contribution in [0.2, 0.25) is 0 Å². The lowest BCUT2D eigenvalue weighted by atomic mass is 9.95. The maximum absolute atomic E-state index is 10.1. The Morgan fingerprint density at radius 3 is 2.85 bits per heavy atom. The molecule has 2 aromatic heterocycles. The molecule has 0 aliphatic carbocycles. The van der Waals surface area contributed by atoms with E-state index in [-0.39, 0.29) is 19.0 Å². The van der Waals surface area contributed by atoms with E-state index in [1.165, 1.54) is 17.2 Å². The number of anilines is 1. The first-order valence-corrected chi connectivity index (χ1v) is 6.15. The van der Waals surface area contributed by atoms with E-state index < -0.39 is 24.4 Å². The minimum Gasteiger partial charge on any atom is -0.396 e. The molecule has 1 aliphatic heterocycles. The monoisotopic (exact) mass is 281 g/mol. The summed E-state index contributed by atoms with van der Waals surface area (Å²) in [6, 6.07) is 0. The van der Waals surface area contributed by atoms with Gasteiger partial charge in [-0.05, 0) is 0 Å². The van der Waals surface area contributed by atoms with Crippen molar-refractivity contribution in [3.05, 3.63) is 12.7 Å². The van der Waals surface area contributed by atoms with Crippen LogP contribution in [-0.2, 0) is 4.74 Å². The molecule has 20 heavy (non-hydrogen) atoms. The van der Waals surface area contributed by atoms with Crippen LogP contribution in [0.15, 0.2) is 12.7 Å². The molecule has 108 valence electrons. The van der Waals surface area contributed by atoms with Crippen molar-refractivity contribution in [3.8, 4) is 0 Å². The smallest absolute Gasteiger partial charge is 0.167 e. The van der Waals surface area contributed by atoms with Crippen LogP contribution in [0.3, 0.4) is 0 Å². The van der Waals surface area contributed by atoms with Gasteiger partial charge in [-0.2, -0.15) is 0 Å². The number of hydrogen-bond acceptors (Lipinski definition) is 8. The lowest BCUT2D eigenvalue weighted by Crippen LogP contribution is -2.48. The summed E-state index contributed by atoms with van der Waals surface area (Å²) in [4.78, 5) is 12.0. The Morgan fingerprint density at radius 1 is 1.30 bits per heavy atom. The van der Waals surface area contributed by atoms with Crippen LogP contribution in [0, 0.1) is 5.92 Å². The van der Waals surface area contributed by atoms with Gasteiger partial charge in [0.25, 0.3) is 0 Å². The molecule has 3 unspecified atom stereocenters. The highest BCUT2D eigenvalue weighted by Crippen LogP contribution is 2.29. The van der Waals surface area contributed by atoms with Gasteiger partial charge < -0.3 is 25.8 Å². The fraction of sp³-hybridized carbons (Fsp3) is 0.545. The number of nitrogens with two attached hydrogens (primary N) is 1. The molecule has 3 heterocycles. The second-order valence-corrected chi connectivity index (χ2v) is 4.73. The minimum atomic E-state index is -1.20. The summed E-state index contributed by atoms with van der Waals surface area (Å²) in [5.41, 5.74) is 6.51. The minimum absolute atomic E-state index is 0.125. The van der Waals surface area contributed by atoms with Gasteiger partial charge in [0.2, 0.25) is 0 Å². The predicted octanol–water partition coefficient (Wildman–Crippen LogP) is -1.73. The van der Waals surface area contributed by atoms with E-state index in [0.717, 1.165) is 0 Å². The van der Waals surface area contributed by atoms with Crippen molar-refractivity contribution in [1.29, 1.82) is 0 Å². The molecule has 0 amide bonds. The average Bonchev–Trinajstić information content (AvgIpc) is 2.87. The van der Waals surface area contributed by atoms with E-state index in [1.54, 1.807) is 0 Å². The molecule has 0 bridgehead atoms. The number of aliphatic hydroxyl groups is 3. The molecule has 1 aliphatic rings. The van der Waals surface area contributed by atoms with E-state index in [9.17, 15) is 10.2 Å². The van der Waals surface area contributed by atoms with Crippen molar-refractivity contribution in [3.63, 3.8) is 0 Å². The maximum Gasteiger partial charge on any atom is 0.167 e. The summed E-state index contributed by atoms with van der Waals surface area (Å²) in [5, 5.41) is 29.2. The van der Waals surface area contributed by atoms with Crippen LogP contribution in [0.25, 0.3) is 11.2 Å². The van der Waals surface area contributed by atoms with Gasteiger partial charge >= 0.3 is 0 Å². The van der Waals surface area contributed by atoms with Crippen molar-refractivity contribution < 1.29 is 20.1 Å². The zero-order chi connectivity index (χ0) is 14.3. The highest BCUT2D eigenvalue weighted by molar-refractivity contribution is 5.81. The molecule has 1 saturated heterocycles. The predicted molar refractivity (Wildman–Crippen MR) is 67.3 cm³/mol. The third-order valence-corrected chi connectivity index (χ3v) is 3.50. The molecular weight excluding hydrogens is 266 g/mol. The highest BCUT2D eigenvalue weighted by atomic mass is 16.5. The van der Waals surface area contributed by atoms with Gasteiger partial charge in [0.15, 0.2) is 17.7 Å². The van der Waals surface area contributed by atoms with E-state index in [0.29, 0.717) is 11.2 Å². The second kappa shape index (κ2) is 4.94.